The van der Waals surface area contributed by atoms with Crippen LogP contribution in [-0.4, -0.2) is 18.0 Å². The molecule has 1 aromatic rings. The number of hydrogen-bond acceptors (Lipinski definition) is 2. The average molecular weight is 286 g/mol. The molecular formula is C18H26N2O. The van der Waals surface area contributed by atoms with Crippen molar-refractivity contribution < 1.29 is 4.79 Å². The number of carbonyl (C=O) groups excluding carboxylic acids is 1. The Balaban J connectivity index is 1.73. The van der Waals surface area contributed by atoms with Gasteiger partial charge in [-0.3, -0.25) is 10.1 Å². The number of nitrogens with one attached hydrogen (secondary N) is 2. The molecule has 2 saturated carbocycles. The van der Waals surface area contributed by atoms with Gasteiger partial charge in [0, 0.05) is 12.1 Å². The Morgan fingerprint density at radius 3 is 2.48 bits per heavy atom. The van der Waals surface area contributed by atoms with Crippen LogP contribution in [0.4, 0.5) is 0 Å². The summed E-state index contributed by atoms with van der Waals surface area (Å²) in [5, 5.41) is 6.80. The van der Waals surface area contributed by atoms with Crippen molar-refractivity contribution in [3.05, 3.63) is 35.9 Å². The van der Waals surface area contributed by atoms with E-state index in [1.807, 2.05) is 18.2 Å². The summed E-state index contributed by atoms with van der Waals surface area (Å²) in [6.45, 7) is 2.30. The van der Waals surface area contributed by atoms with Gasteiger partial charge in [-0.15, -0.1) is 0 Å². The molecule has 3 heteroatoms. The number of hydrogen-bond donors (Lipinski definition) is 2. The van der Waals surface area contributed by atoms with E-state index in [1.54, 1.807) is 0 Å². The summed E-state index contributed by atoms with van der Waals surface area (Å²) in [4.78, 5) is 12.6. The Labute approximate surface area is 127 Å². The predicted octanol–water partition coefficient (Wildman–Crippen LogP) is 3.17. The molecule has 3 nitrogen and oxygen atoms in total. The Bertz CT molecular complexity index is 469. The van der Waals surface area contributed by atoms with Crippen LogP contribution in [0.15, 0.2) is 30.3 Å². The summed E-state index contributed by atoms with van der Waals surface area (Å²) in [6, 6.07) is 10.8. The maximum atomic E-state index is 12.6. The molecule has 2 N–H and O–H groups in total. The molecule has 0 unspecified atom stereocenters. The fourth-order valence-electron chi connectivity index (χ4n) is 3.26. The Hall–Kier alpha value is -1.35. The van der Waals surface area contributed by atoms with Gasteiger partial charge in [0.05, 0.1) is 0 Å². The van der Waals surface area contributed by atoms with Crippen LogP contribution in [0.1, 0.15) is 57.1 Å². The van der Waals surface area contributed by atoms with E-state index in [0.29, 0.717) is 18.0 Å². The minimum atomic E-state index is -0.211. The molecule has 0 bridgehead atoms. The molecule has 1 aromatic carbocycles. The van der Waals surface area contributed by atoms with Crippen molar-refractivity contribution in [2.24, 2.45) is 5.92 Å². The fraction of sp³-hybridized carbons (Fsp3) is 0.611. The zero-order valence-corrected chi connectivity index (χ0v) is 12.8. The summed E-state index contributed by atoms with van der Waals surface area (Å²) in [5.41, 5.74) is 1.08. The second kappa shape index (κ2) is 6.61. The maximum absolute atomic E-state index is 12.6. The van der Waals surface area contributed by atoms with Crippen LogP contribution in [0.5, 0.6) is 0 Å². The highest BCUT2D eigenvalue weighted by Gasteiger charge is 2.31. The van der Waals surface area contributed by atoms with Gasteiger partial charge in [0.15, 0.2) is 0 Å². The molecule has 0 heterocycles. The van der Waals surface area contributed by atoms with Crippen LogP contribution in [0.2, 0.25) is 0 Å². The van der Waals surface area contributed by atoms with Gasteiger partial charge in [-0.05, 0) is 37.2 Å². The van der Waals surface area contributed by atoms with Crippen LogP contribution in [0.3, 0.4) is 0 Å². The van der Waals surface area contributed by atoms with Crippen molar-refractivity contribution in [2.45, 2.75) is 63.6 Å². The van der Waals surface area contributed by atoms with E-state index >= 15 is 0 Å². The first-order valence-electron chi connectivity index (χ1n) is 8.35. The minimum Gasteiger partial charge on any atom is -0.352 e. The Morgan fingerprint density at radius 1 is 1.10 bits per heavy atom. The highest BCUT2D eigenvalue weighted by molar-refractivity contribution is 5.83. The Kier molecular flexibility index (Phi) is 4.59. The van der Waals surface area contributed by atoms with Gasteiger partial charge in [-0.2, -0.15) is 0 Å². The highest BCUT2D eigenvalue weighted by atomic mass is 16.2. The third-order valence-electron chi connectivity index (χ3n) is 4.81. The summed E-state index contributed by atoms with van der Waals surface area (Å²) < 4.78 is 0. The molecule has 3 atom stereocenters. The van der Waals surface area contributed by atoms with Crippen molar-refractivity contribution in [2.75, 3.05) is 0 Å². The molecule has 1 amide bonds. The van der Waals surface area contributed by atoms with Crippen molar-refractivity contribution in [3.63, 3.8) is 0 Å². The van der Waals surface area contributed by atoms with Crippen LogP contribution in [-0.2, 0) is 4.79 Å². The number of benzene rings is 1. The first-order valence-corrected chi connectivity index (χ1v) is 8.35. The number of rotatable bonds is 5. The van der Waals surface area contributed by atoms with E-state index in [-0.39, 0.29) is 11.9 Å². The highest BCUT2D eigenvalue weighted by Crippen LogP contribution is 2.27. The van der Waals surface area contributed by atoms with Crippen LogP contribution in [0, 0.1) is 5.92 Å². The van der Waals surface area contributed by atoms with E-state index in [0.717, 1.165) is 18.4 Å². The molecule has 2 aliphatic carbocycles. The molecule has 2 fully saturated rings. The molecule has 0 aromatic heterocycles. The van der Waals surface area contributed by atoms with Gasteiger partial charge in [-0.25, -0.2) is 0 Å². The fourth-order valence-corrected chi connectivity index (χ4v) is 3.26. The lowest BCUT2D eigenvalue weighted by atomic mass is 9.85. The lowest BCUT2D eigenvalue weighted by molar-refractivity contribution is -0.123. The normalized spacial score (nSPS) is 27.1. The monoisotopic (exact) mass is 286 g/mol. The lowest BCUT2D eigenvalue weighted by Gasteiger charge is -2.33. The molecule has 0 saturated heterocycles. The van der Waals surface area contributed by atoms with E-state index in [2.05, 4.69) is 29.7 Å². The van der Waals surface area contributed by atoms with Gasteiger partial charge in [-0.1, -0.05) is 50.1 Å². The van der Waals surface area contributed by atoms with E-state index in [4.69, 9.17) is 0 Å². The van der Waals surface area contributed by atoms with Gasteiger partial charge in [0.1, 0.15) is 6.04 Å². The smallest absolute Gasteiger partial charge is 0.241 e. The van der Waals surface area contributed by atoms with Crippen molar-refractivity contribution in [1.29, 1.82) is 0 Å². The van der Waals surface area contributed by atoms with Crippen LogP contribution in [0.25, 0.3) is 0 Å². The zero-order chi connectivity index (χ0) is 14.7. The molecule has 3 rings (SSSR count). The van der Waals surface area contributed by atoms with E-state index in [9.17, 15) is 4.79 Å². The molecule has 114 valence electrons. The first kappa shape index (κ1) is 14.6. The topological polar surface area (TPSA) is 41.1 Å². The third kappa shape index (κ3) is 3.85. The van der Waals surface area contributed by atoms with Gasteiger partial charge in [0.25, 0.3) is 0 Å². The largest absolute Gasteiger partial charge is 0.352 e. The second-order valence-electron chi connectivity index (χ2n) is 6.66. The van der Waals surface area contributed by atoms with Crippen molar-refractivity contribution in [1.82, 2.24) is 10.6 Å². The molecule has 0 aliphatic heterocycles. The van der Waals surface area contributed by atoms with Crippen molar-refractivity contribution in [3.8, 4) is 0 Å². The molecule has 0 spiro atoms. The zero-order valence-electron chi connectivity index (χ0n) is 12.8. The van der Waals surface area contributed by atoms with Gasteiger partial charge >= 0.3 is 0 Å². The Morgan fingerprint density at radius 2 is 1.81 bits per heavy atom. The summed E-state index contributed by atoms with van der Waals surface area (Å²) >= 11 is 0. The third-order valence-corrected chi connectivity index (χ3v) is 4.81. The van der Waals surface area contributed by atoms with Gasteiger partial charge < -0.3 is 5.32 Å². The first-order chi connectivity index (χ1) is 10.2. The molecule has 2 aliphatic rings. The average Bonchev–Trinajstić information content (AvgIpc) is 3.31. The summed E-state index contributed by atoms with van der Waals surface area (Å²) in [6.07, 6.45) is 7.31. The van der Waals surface area contributed by atoms with Gasteiger partial charge in [0.2, 0.25) is 5.91 Å². The maximum Gasteiger partial charge on any atom is 0.241 e. The lowest BCUT2D eigenvalue weighted by Crippen LogP contribution is -2.46. The van der Waals surface area contributed by atoms with Crippen LogP contribution >= 0.6 is 0 Å². The SMILES string of the molecule is C[C@H]1CCCC[C@H]1N[C@H](C(=O)NC1CC1)c1ccccc1. The molecular weight excluding hydrogens is 260 g/mol. The van der Waals surface area contributed by atoms with Crippen molar-refractivity contribution >= 4 is 5.91 Å². The molecule has 21 heavy (non-hydrogen) atoms. The summed E-state index contributed by atoms with van der Waals surface area (Å²) in [7, 11) is 0. The number of amides is 1. The standard InChI is InChI=1S/C18H26N2O/c1-13-7-5-6-10-16(13)20-17(14-8-3-2-4-9-14)18(21)19-15-11-12-15/h2-4,8-9,13,15-17,20H,5-7,10-12H2,1H3,(H,19,21)/t13-,16+,17-/m0/s1. The second-order valence-corrected chi connectivity index (χ2v) is 6.66. The molecule has 0 radical (unpaired) electrons. The quantitative estimate of drug-likeness (QED) is 0.873. The predicted molar refractivity (Wildman–Crippen MR) is 84.9 cm³/mol. The van der Waals surface area contributed by atoms with Crippen LogP contribution < -0.4 is 10.6 Å². The number of carbonyl (C=O) groups is 1. The van der Waals surface area contributed by atoms with E-state index < -0.39 is 0 Å². The minimum absolute atomic E-state index is 0.140. The summed E-state index contributed by atoms with van der Waals surface area (Å²) in [5.74, 6) is 0.792. The van der Waals surface area contributed by atoms with E-state index in [1.165, 1.54) is 25.7 Å².